The molecule has 1 heterocycles. The molecule has 21 heavy (non-hydrogen) atoms. The zero-order chi connectivity index (χ0) is 15.2. The van der Waals surface area contributed by atoms with Gasteiger partial charge in [-0.1, -0.05) is 24.6 Å². The molecule has 6 heteroatoms. The van der Waals surface area contributed by atoms with Crippen LogP contribution in [0.5, 0.6) is 5.75 Å². The molecular formula is C15H21ClN4O. The van der Waals surface area contributed by atoms with Gasteiger partial charge < -0.3 is 10.5 Å². The maximum Gasteiger partial charge on any atom is 0.164 e. The Morgan fingerprint density at radius 3 is 2.95 bits per heavy atom. The number of aromatic nitrogens is 3. The first-order valence-corrected chi connectivity index (χ1v) is 7.52. The summed E-state index contributed by atoms with van der Waals surface area (Å²) in [6.07, 6.45) is 3.23. The van der Waals surface area contributed by atoms with Gasteiger partial charge in [-0.2, -0.15) is 5.10 Å². The van der Waals surface area contributed by atoms with Gasteiger partial charge in [0.1, 0.15) is 18.7 Å². The summed E-state index contributed by atoms with van der Waals surface area (Å²) in [7, 11) is 0. The highest BCUT2D eigenvalue weighted by Gasteiger charge is 2.12. The Kier molecular flexibility index (Phi) is 5.59. The lowest BCUT2D eigenvalue weighted by molar-refractivity contribution is 0.283. The van der Waals surface area contributed by atoms with Gasteiger partial charge in [0.2, 0.25) is 0 Å². The van der Waals surface area contributed by atoms with Crippen molar-refractivity contribution >= 4 is 11.6 Å². The quantitative estimate of drug-likeness (QED) is 0.854. The normalized spacial score (nSPS) is 12.4. The van der Waals surface area contributed by atoms with Gasteiger partial charge in [0.15, 0.2) is 5.82 Å². The van der Waals surface area contributed by atoms with Gasteiger partial charge in [0.05, 0.1) is 0 Å². The van der Waals surface area contributed by atoms with Crippen LogP contribution in [-0.2, 0) is 19.6 Å². The number of ether oxygens (including phenoxy) is 1. The lowest BCUT2D eigenvalue weighted by atomic mass is 10.1. The van der Waals surface area contributed by atoms with Gasteiger partial charge in [-0.25, -0.2) is 9.67 Å². The fourth-order valence-electron chi connectivity index (χ4n) is 2.13. The number of aryl methyl sites for hydroxylation is 1. The van der Waals surface area contributed by atoms with E-state index < -0.39 is 0 Å². The Hall–Kier alpha value is -1.59. The molecule has 5 nitrogen and oxygen atoms in total. The van der Waals surface area contributed by atoms with Crippen molar-refractivity contribution in [1.29, 1.82) is 0 Å². The first kappa shape index (κ1) is 15.8. The third kappa shape index (κ3) is 4.19. The molecule has 0 aliphatic carbocycles. The smallest absolute Gasteiger partial charge is 0.164 e. The Labute approximate surface area is 130 Å². The second-order valence-corrected chi connectivity index (χ2v) is 5.49. The minimum absolute atomic E-state index is 0.0241. The Morgan fingerprint density at radius 1 is 1.43 bits per heavy atom. The van der Waals surface area contributed by atoms with E-state index in [0.717, 1.165) is 30.1 Å². The highest BCUT2D eigenvalue weighted by molar-refractivity contribution is 6.31. The average Bonchev–Trinajstić information content (AvgIpc) is 2.87. The molecule has 0 amide bonds. The fourth-order valence-corrected chi connectivity index (χ4v) is 2.38. The number of nitrogens with zero attached hydrogens (tertiary/aromatic N) is 3. The number of hydrogen-bond acceptors (Lipinski definition) is 4. The number of rotatable bonds is 7. The van der Waals surface area contributed by atoms with Crippen LogP contribution in [0.4, 0.5) is 0 Å². The molecule has 0 aliphatic heterocycles. The van der Waals surface area contributed by atoms with Gasteiger partial charge in [0, 0.05) is 23.2 Å². The van der Waals surface area contributed by atoms with Gasteiger partial charge >= 0.3 is 0 Å². The second kappa shape index (κ2) is 7.43. The molecule has 2 N–H and O–H groups in total. The summed E-state index contributed by atoms with van der Waals surface area (Å²) in [5, 5.41) is 4.87. The van der Waals surface area contributed by atoms with Crippen LogP contribution < -0.4 is 10.5 Å². The first-order valence-electron chi connectivity index (χ1n) is 7.14. The van der Waals surface area contributed by atoms with Crippen LogP contribution in [-0.4, -0.2) is 20.8 Å². The van der Waals surface area contributed by atoms with Crippen molar-refractivity contribution in [2.24, 2.45) is 5.73 Å². The molecule has 2 rings (SSSR count). The lowest BCUT2D eigenvalue weighted by Crippen LogP contribution is -2.18. The SMILES string of the molecule is CCCn1ncnc1COc1cccc(Cl)c1CC(C)N. The van der Waals surface area contributed by atoms with E-state index in [4.69, 9.17) is 22.1 Å². The van der Waals surface area contributed by atoms with Crippen molar-refractivity contribution < 1.29 is 4.74 Å². The maximum atomic E-state index is 6.25. The Bertz CT molecular complexity index is 583. The molecular weight excluding hydrogens is 288 g/mol. The van der Waals surface area contributed by atoms with Gasteiger partial charge in [0.25, 0.3) is 0 Å². The summed E-state index contributed by atoms with van der Waals surface area (Å²) in [6.45, 7) is 5.25. The zero-order valence-electron chi connectivity index (χ0n) is 12.4. The van der Waals surface area contributed by atoms with Gasteiger partial charge in [-0.3, -0.25) is 0 Å². The number of benzene rings is 1. The third-order valence-corrected chi connectivity index (χ3v) is 3.44. The third-order valence-electron chi connectivity index (χ3n) is 3.09. The molecule has 1 aromatic heterocycles. The van der Waals surface area contributed by atoms with Crippen molar-refractivity contribution in [2.75, 3.05) is 0 Å². The van der Waals surface area contributed by atoms with E-state index in [9.17, 15) is 0 Å². The number of hydrogen-bond donors (Lipinski definition) is 1. The molecule has 1 aromatic carbocycles. The molecule has 0 aliphatic rings. The summed E-state index contributed by atoms with van der Waals surface area (Å²) in [6, 6.07) is 5.66. The van der Waals surface area contributed by atoms with E-state index in [1.165, 1.54) is 0 Å². The Morgan fingerprint density at radius 2 is 2.24 bits per heavy atom. The summed E-state index contributed by atoms with van der Waals surface area (Å²) in [5.41, 5.74) is 6.82. The van der Waals surface area contributed by atoms with E-state index in [2.05, 4.69) is 17.0 Å². The van der Waals surface area contributed by atoms with E-state index in [1.54, 1.807) is 6.33 Å². The topological polar surface area (TPSA) is 66.0 Å². The highest BCUT2D eigenvalue weighted by atomic mass is 35.5. The van der Waals surface area contributed by atoms with Crippen molar-refractivity contribution in [1.82, 2.24) is 14.8 Å². The van der Waals surface area contributed by atoms with Crippen LogP contribution >= 0.6 is 11.6 Å². The maximum absolute atomic E-state index is 6.25. The predicted octanol–water partition coefficient (Wildman–Crippen LogP) is 2.81. The fraction of sp³-hybridized carbons (Fsp3) is 0.467. The van der Waals surface area contributed by atoms with Crippen molar-refractivity contribution in [3.8, 4) is 5.75 Å². The molecule has 114 valence electrons. The molecule has 1 atom stereocenters. The van der Waals surface area contributed by atoms with Crippen molar-refractivity contribution in [3.05, 3.63) is 40.9 Å². The predicted molar refractivity (Wildman–Crippen MR) is 83.5 cm³/mol. The van der Waals surface area contributed by atoms with Gasteiger partial charge in [-0.15, -0.1) is 0 Å². The van der Waals surface area contributed by atoms with E-state index in [0.29, 0.717) is 18.1 Å². The molecule has 0 bridgehead atoms. The van der Waals surface area contributed by atoms with Crippen LogP contribution in [0.15, 0.2) is 24.5 Å². The molecule has 2 aromatic rings. The molecule has 1 unspecified atom stereocenters. The van der Waals surface area contributed by atoms with Crippen LogP contribution in [0, 0.1) is 0 Å². The molecule has 0 radical (unpaired) electrons. The minimum Gasteiger partial charge on any atom is -0.485 e. The molecule has 0 fully saturated rings. The highest BCUT2D eigenvalue weighted by Crippen LogP contribution is 2.28. The molecule has 0 saturated carbocycles. The Balaban J connectivity index is 2.12. The summed E-state index contributed by atoms with van der Waals surface area (Å²) >= 11 is 6.25. The van der Waals surface area contributed by atoms with Crippen molar-refractivity contribution in [2.45, 2.75) is 45.9 Å². The van der Waals surface area contributed by atoms with Crippen LogP contribution in [0.3, 0.4) is 0 Å². The standard InChI is InChI=1S/C15H21ClN4O/c1-3-7-20-15(18-10-19-20)9-21-14-6-4-5-13(16)12(14)8-11(2)17/h4-6,10-11H,3,7-9,17H2,1-2H3. The minimum atomic E-state index is 0.0241. The van der Waals surface area contributed by atoms with Gasteiger partial charge in [-0.05, 0) is 31.9 Å². The first-order chi connectivity index (χ1) is 10.1. The number of nitrogens with two attached hydrogens (primary N) is 1. The summed E-state index contributed by atoms with van der Waals surface area (Å²) in [4.78, 5) is 4.23. The van der Waals surface area contributed by atoms with Crippen LogP contribution in [0.25, 0.3) is 0 Å². The average molecular weight is 309 g/mol. The van der Waals surface area contributed by atoms with E-state index in [1.807, 2.05) is 29.8 Å². The zero-order valence-corrected chi connectivity index (χ0v) is 13.2. The van der Waals surface area contributed by atoms with E-state index in [-0.39, 0.29) is 6.04 Å². The van der Waals surface area contributed by atoms with Crippen molar-refractivity contribution in [3.63, 3.8) is 0 Å². The summed E-state index contributed by atoms with van der Waals surface area (Å²) in [5.74, 6) is 1.56. The second-order valence-electron chi connectivity index (χ2n) is 5.09. The van der Waals surface area contributed by atoms with E-state index >= 15 is 0 Å². The molecule has 0 saturated heterocycles. The monoisotopic (exact) mass is 308 g/mol. The van der Waals surface area contributed by atoms with Crippen LogP contribution in [0.2, 0.25) is 5.02 Å². The largest absolute Gasteiger partial charge is 0.485 e. The molecule has 0 spiro atoms. The number of halogens is 1. The van der Waals surface area contributed by atoms with Crippen LogP contribution in [0.1, 0.15) is 31.7 Å². The summed E-state index contributed by atoms with van der Waals surface area (Å²) < 4.78 is 7.74. The lowest BCUT2D eigenvalue weighted by Gasteiger charge is -2.14.